The summed E-state index contributed by atoms with van der Waals surface area (Å²) in [5, 5.41) is 0. The topological polar surface area (TPSA) is 35.5 Å². The first-order chi connectivity index (χ1) is 9.08. The first-order valence-electron chi connectivity index (χ1n) is 6.88. The molecule has 0 aliphatic rings. The van der Waals surface area contributed by atoms with Gasteiger partial charge in [-0.25, -0.2) is 4.79 Å². The SMILES string of the molecule is CCCOC(CC(C)C)c1ccc(C(=O)OC)cc1. The highest BCUT2D eigenvalue weighted by atomic mass is 16.5. The van der Waals surface area contributed by atoms with Gasteiger partial charge < -0.3 is 9.47 Å². The minimum absolute atomic E-state index is 0.103. The Bertz CT molecular complexity index is 381. The van der Waals surface area contributed by atoms with Crippen LogP contribution in [0, 0.1) is 5.92 Å². The number of esters is 1. The number of hydrogen-bond donors (Lipinski definition) is 0. The first-order valence-corrected chi connectivity index (χ1v) is 6.88. The van der Waals surface area contributed by atoms with Crippen molar-refractivity contribution >= 4 is 5.97 Å². The smallest absolute Gasteiger partial charge is 0.337 e. The third-order valence-corrected chi connectivity index (χ3v) is 2.91. The molecule has 0 amide bonds. The molecule has 0 saturated heterocycles. The van der Waals surface area contributed by atoms with E-state index in [2.05, 4.69) is 20.8 Å². The molecule has 3 nitrogen and oxygen atoms in total. The minimum Gasteiger partial charge on any atom is -0.465 e. The summed E-state index contributed by atoms with van der Waals surface area (Å²) in [6.07, 6.45) is 2.10. The Morgan fingerprint density at radius 1 is 1.21 bits per heavy atom. The Morgan fingerprint density at radius 2 is 1.84 bits per heavy atom. The molecule has 0 saturated carbocycles. The van der Waals surface area contributed by atoms with Gasteiger partial charge in [-0.15, -0.1) is 0 Å². The normalized spacial score (nSPS) is 12.5. The number of hydrogen-bond acceptors (Lipinski definition) is 3. The molecule has 1 unspecified atom stereocenters. The number of methoxy groups -OCH3 is 1. The molecule has 3 heteroatoms. The lowest BCUT2D eigenvalue weighted by molar-refractivity contribution is 0.0385. The summed E-state index contributed by atoms with van der Waals surface area (Å²) >= 11 is 0. The number of benzene rings is 1. The Hall–Kier alpha value is -1.35. The fourth-order valence-corrected chi connectivity index (χ4v) is 1.94. The van der Waals surface area contributed by atoms with E-state index in [1.165, 1.54) is 7.11 Å². The largest absolute Gasteiger partial charge is 0.465 e. The quantitative estimate of drug-likeness (QED) is 0.699. The van der Waals surface area contributed by atoms with Crippen molar-refractivity contribution in [3.05, 3.63) is 35.4 Å². The third-order valence-electron chi connectivity index (χ3n) is 2.91. The van der Waals surface area contributed by atoms with E-state index in [9.17, 15) is 4.79 Å². The summed E-state index contributed by atoms with van der Waals surface area (Å²) in [5.74, 6) is 0.267. The molecule has 0 heterocycles. The van der Waals surface area contributed by atoms with Gasteiger partial charge in [0.1, 0.15) is 0 Å². The maximum atomic E-state index is 11.4. The van der Waals surface area contributed by atoms with Gasteiger partial charge in [0.25, 0.3) is 0 Å². The lowest BCUT2D eigenvalue weighted by Crippen LogP contribution is -2.09. The lowest BCUT2D eigenvalue weighted by atomic mass is 9.98. The van der Waals surface area contributed by atoms with Crippen molar-refractivity contribution in [1.29, 1.82) is 0 Å². The van der Waals surface area contributed by atoms with Crippen molar-refractivity contribution in [2.75, 3.05) is 13.7 Å². The Labute approximate surface area is 115 Å². The molecule has 0 radical (unpaired) electrons. The predicted molar refractivity (Wildman–Crippen MR) is 76.2 cm³/mol. The zero-order valence-corrected chi connectivity index (χ0v) is 12.3. The predicted octanol–water partition coefficient (Wildman–Crippen LogP) is 3.99. The van der Waals surface area contributed by atoms with Gasteiger partial charge in [0.15, 0.2) is 0 Å². The monoisotopic (exact) mass is 264 g/mol. The van der Waals surface area contributed by atoms with E-state index in [1.807, 2.05) is 12.1 Å². The summed E-state index contributed by atoms with van der Waals surface area (Å²) < 4.78 is 10.6. The van der Waals surface area contributed by atoms with Crippen LogP contribution in [0.15, 0.2) is 24.3 Å². The van der Waals surface area contributed by atoms with Gasteiger partial charge in [0.2, 0.25) is 0 Å². The van der Waals surface area contributed by atoms with E-state index < -0.39 is 0 Å². The molecule has 0 aliphatic heterocycles. The third kappa shape index (κ3) is 5.03. The highest BCUT2D eigenvalue weighted by molar-refractivity contribution is 5.89. The van der Waals surface area contributed by atoms with Crippen molar-refractivity contribution in [3.8, 4) is 0 Å². The Morgan fingerprint density at radius 3 is 2.32 bits per heavy atom. The van der Waals surface area contributed by atoms with Gasteiger partial charge in [-0.3, -0.25) is 0 Å². The van der Waals surface area contributed by atoms with E-state index in [-0.39, 0.29) is 12.1 Å². The maximum Gasteiger partial charge on any atom is 0.337 e. The molecule has 0 spiro atoms. The molecule has 1 rings (SSSR count). The van der Waals surface area contributed by atoms with Crippen LogP contribution in [-0.4, -0.2) is 19.7 Å². The molecule has 19 heavy (non-hydrogen) atoms. The molecular formula is C16H24O3. The lowest BCUT2D eigenvalue weighted by Gasteiger charge is -2.20. The second-order valence-corrected chi connectivity index (χ2v) is 5.10. The summed E-state index contributed by atoms with van der Waals surface area (Å²) in [6, 6.07) is 7.50. The van der Waals surface area contributed by atoms with E-state index >= 15 is 0 Å². The maximum absolute atomic E-state index is 11.4. The van der Waals surface area contributed by atoms with Crippen LogP contribution in [0.2, 0.25) is 0 Å². The number of ether oxygens (including phenoxy) is 2. The summed E-state index contributed by atoms with van der Waals surface area (Å²) in [6.45, 7) is 7.24. The average Bonchev–Trinajstić information content (AvgIpc) is 2.42. The standard InChI is InChI=1S/C16H24O3/c1-5-10-19-15(11-12(2)3)13-6-8-14(9-7-13)16(17)18-4/h6-9,12,15H,5,10-11H2,1-4H3. The molecule has 1 aromatic rings. The highest BCUT2D eigenvalue weighted by Gasteiger charge is 2.14. The van der Waals surface area contributed by atoms with Crippen molar-refractivity contribution in [1.82, 2.24) is 0 Å². The minimum atomic E-state index is -0.304. The Balaban J connectivity index is 2.80. The van der Waals surface area contributed by atoms with Crippen LogP contribution in [0.25, 0.3) is 0 Å². The average molecular weight is 264 g/mol. The first kappa shape index (κ1) is 15.7. The fourth-order valence-electron chi connectivity index (χ4n) is 1.94. The van der Waals surface area contributed by atoms with Crippen LogP contribution in [0.1, 0.15) is 55.6 Å². The number of carbonyl (C=O) groups is 1. The second-order valence-electron chi connectivity index (χ2n) is 5.10. The van der Waals surface area contributed by atoms with E-state index in [1.54, 1.807) is 12.1 Å². The van der Waals surface area contributed by atoms with Gasteiger partial charge in [0, 0.05) is 6.61 Å². The molecular weight excluding hydrogens is 240 g/mol. The molecule has 1 aromatic carbocycles. The molecule has 1 atom stereocenters. The molecule has 0 fully saturated rings. The number of rotatable bonds is 7. The van der Waals surface area contributed by atoms with Crippen LogP contribution in [0.4, 0.5) is 0 Å². The molecule has 106 valence electrons. The van der Waals surface area contributed by atoms with Crippen LogP contribution in [0.3, 0.4) is 0 Å². The van der Waals surface area contributed by atoms with Crippen molar-refractivity contribution in [2.45, 2.75) is 39.7 Å². The summed E-state index contributed by atoms with van der Waals surface area (Å²) in [5.41, 5.74) is 1.69. The van der Waals surface area contributed by atoms with Crippen LogP contribution >= 0.6 is 0 Å². The van der Waals surface area contributed by atoms with Crippen LogP contribution in [-0.2, 0) is 9.47 Å². The zero-order valence-electron chi connectivity index (χ0n) is 12.3. The van der Waals surface area contributed by atoms with E-state index in [0.717, 1.165) is 25.0 Å². The van der Waals surface area contributed by atoms with Gasteiger partial charge in [0.05, 0.1) is 18.8 Å². The molecule has 0 bridgehead atoms. The summed E-state index contributed by atoms with van der Waals surface area (Å²) in [4.78, 5) is 11.4. The molecule has 0 aromatic heterocycles. The second kappa shape index (κ2) is 7.95. The van der Waals surface area contributed by atoms with Crippen molar-refractivity contribution in [2.24, 2.45) is 5.92 Å². The van der Waals surface area contributed by atoms with Gasteiger partial charge >= 0.3 is 5.97 Å². The Kier molecular flexibility index (Phi) is 6.57. The molecule has 0 aliphatic carbocycles. The van der Waals surface area contributed by atoms with Crippen molar-refractivity contribution in [3.63, 3.8) is 0 Å². The van der Waals surface area contributed by atoms with E-state index in [4.69, 9.17) is 9.47 Å². The van der Waals surface area contributed by atoms with Crippen molar-refractivity contribution < 1.29 is 14.3 Å². The number of carbonyl (C=O) groups excluding carboxylic acids is 1. The zero-order chi connectivity index (χ0) is 14.3. The van der Waals surface area contributed by atoms with Crippen LogP contribution in [0.5, 0.6) is 0 Å². The summed E-state index contributed by atoms with van der Waals surface area (Å²) in [7, 11) is 1.39. The fraction of sp³-hybridized carbons (Fsp3) is 0.562. The highest BCUT2D eigenvalue weighted by Crippen LogP contribution is 2.25. The van der Waals surface area contributed by atoms with Crippen LogP contribution < -0.4 is 0 Å². The molecule has 0 N–H and O–H groups in total. The van der Waals surface area contributed by atoms with Gasteiger partial charge in [-0.2, -0.15) is 0 Å². The van der Waals surface area contributed by atoms with Gasteiger partial charge in [-0.1, -0.05) is 32.9 Å². The van der Waals surface area contributed by atoms with Gasteiger partial charge in [-0.05, 0) is 36.5 Å². The van der Waals surface area contributed by atoms with E-state index in [0.29, 0.717) is 11.5 Å².